The second-order valence-electron chi connectivity index (χ2n) is 4.04. The van der Waals surface area contributed by atoms with E-state index < -0.39 is 0 Å². The standard InChI is InChI=1S/C12H13N5OS2/c1-17(5-2-4-13)9(18)7-20-12-15-10(14)8-3-6-19-11(8)16-12/h3,6H,2,5,7H2,1H3,(H2,14,15,16). The zero-order valence-electron chi connectivity index (χ0n) is 10.9. The van der Waals surface area contributed by atoms with Crippen molar-refractivity contribution < 1.29 is 4.79 Å². The number of nitriles is 1. The van der Waals surface area contributed by atoms with Crippen molar-refractivity contribution in [2.24, 2.45) is 0 Å². The van der Waals surface area contributed by atoms with Crippen molar-refractivity contribution in [1.82, 2.24) is 14.9 Å². The summed E-state index contributed by atoms with van der Waals surface area (Å²) >= 11 is 2.74. The maximum absolute atomic E-state index is 11.8. The van der Waals surface area contributed by atoms with Gasteiger partial charge in [-0.2, -0.15) is 5.26 Å². The Morgan fingerprint density at radius 3 is 3.15 bits per heavy atom. The Morgan fingerprint density at radius 1 is 1.60 bits per heavy atom. The van der Waals surface area contributed by atoms with Gasteiger partial charge in [0.1, 0.15) is 10.6 Å². The van der Waals surface area contributed by atoms with Crippen LogP contribution in [0.4, 0.5) is 5.82 Å². The van der Waals surface area contributed by atoms with E-state index >= 15 is 0 Å². The number of carbonyl (C=O) groups is 1. The highest BCUT2D eigenvalue weighted by Gasteiger charge is 2.12. The molecule has 0 aliphatic rings. The molecule has 2 rings (SSSR count). The van der Waals surface area contributed by atoms with Gasteiger partial charge in [-0.05, 0) is 11.4 Å². The van der Waals surface area contributed by atoms with E-state index in [1.807, 2.05) is 17.5 Å². The normalized spacial score (nSPS) is 10.4. The average Bonchev–Trinajstić information content (AvgIpc) is 2.91. The number of hydrogen-bond donors (Lipinski definition) is 1. The molecule has 0 radical (unpaired) electrons. The Balaban J connectivity index is 1.99. The Kier molecular flexibility index (Phi) is 4.76. The summed E-state index contributed by atoms with van der Waals surface area (Å²) in [5.41, 5.74) is 5.84. The van der Waals surface area contributed by atoms with Gasteiger partial charge in [0.15, 0.2) is 5.16 Å². The van der Waals surface area contributed by atoms with Crippen LogP contribution in [-0.4, -0.2) is 40.1 Å². The minimum Gasteiger partial charge on any atom is -0.383 e. The molecule has 104 valence electrons. The van der Waals surface area contributed by atoms with Gasteiger partial charge in [0.2, 0.25) is 5.91 Å². The van der Waals surface area contributed by atoms with Crippen LogP contribution in [0.15, 0.2) is 16.6 Å². The fourth-order valence-corrected chi connectivity index (χ4v) is 3.12. The molecule has 0 aliphatic carbocycles. The number of amides is 1. The van der Waals surface area contributed by atoms with Gasteiger partial charge in [-0.1, -0.05) is 11.8 Å². The van der Waals surface area contributed by atoms with Gasteiger partial charge in [-0.15, -0.1) is 11.3 Å². The molecule has 0 saturated heterocycles. The topological polar surface area (TPSA) is 95.9 Å². The smallest absolute Gasteiger partial charge is 0.232 e. The maximum Gasteiger partial charge on any atom is 0.232 e. The maximum atomic E-state index is 11.8. The van der Waals surface area contributed by atoms with Crippen LogP contribution in [0.1, 0.15) is 6.42 Å². The number of thiophene rings is 1. The molecular weight excluding hydrogens is 294 g/mol. The molecule has 2 aromatic rings. The fourth-order valence-electron chi connectivity index (χ4n) is 1.50. The first-order valence-electron chi connectivity index (χ1n) is 5.86. The van der Waals surface area contributed by atoms with Gasteiger partial charge in [-0.3, -0.25) is 4.79 Å². The van der Waals surface area contributed by atoms with E-state index in [0.717, 1.165) is 10.2 Å². The van der Waals surface area contributed by atoms with Gasteiger partial charge < -0.3 is 10.6 Å². The van der Waals surface area contributed by atoms with Crippen LogP contribution in [-0.2, 0) is 4.79 Å². The number of aromatic nitrogens is 2. The molecule has 0 unspecified atom stereocenters. The first-order chi connectivity index (χ1) is 9.61. The highest BCUT2D eigenvalue weighted by molar-refractivity contribution is 7.99. The monoisotopic (exact) mass is 307 g/mol. The van der Waals surface area contributed by atoms with Crippen molar-refractivity contribution in [2.45, 2.75) is 11.6 Å². The highest BCUT2D eigenvalue weighted by Crippen LogP contribution is 2.26. The summed E-state index contributed by atoms with van der Waals surface area (Å²) in [6, 6.07) is 3.89. The lowest BCUT2D eigenvalue weighted by atomic mass is 10.4. The van der Waals surface area contributed by atoms with E-state index in [-0.39, 0.29) is 11.7 Å². The Morgan fingerprint density at radius 2 is 2.40 bits per heavy atom. The van der Waals surface area contributed by atoms with Gasteiger partial charge >= 0.3 is 0 Å². The molecule has 0 saturated carbocycles. The minimum atomic E-state index is -0.0568. The second-order valence-corrected chi connectivity index (χ2v) is 5.88. The number of thioether (sulfide) groups is 1. The summed E-state index contributed by atoms with van der Waals surface area (Å²) < 4.78 is 0. The third kappa shape index (κ3) is 3.37. The first-order valence-corrected chi connectivity index (χ1v) is 7.72. The van der Waals surface area contributed by atoms with E-state index in [4.69, 9.17) is 11.0 Å². The van der Waals surface area contributed by atoms with Gasteiger partial charge in [-0.25, -0.2) is 9.97 Å². The SMILES string of the molecule is CN(CCC#N)C(=O)CSc1nc(N)c2ccsc2n1. The van der Waals surface area contributed by atoms with Gasteiger partial charge in [0.25, 0.3) is 0 Å². The third-order valence-electron chi connectivity index (χ3n) is 2.64. The van der Waals surface area contributed by atoms with E-state index in [0.29, 0.717) is 23.9 Å². The summed E-state index contributed by atoms with van der Waals surface area (Å²) in [4.78, 5) is 22.7. The predicted octanol–water partition coefficient (Wildman–Crippen LogP) is 1.74. The van der Waals surface area contributed by atoms with Crippen LogP contribution in [0.2, 0.25) is 0 Å². The van der Waals surface area contributed by atoms with E-state index in [1.54, 1.807) is 7.05 Å². The number of carbonyl (C=O) groups excluding carboxylic acids is 1. The summed E-state index contributed by atoms with van der Waals surface area (Å²) in [6.45, 7) is 0.433. The summed E-state index contributed by atoms with van der Waals surface area (Å²) in [5, 5.41) is 11.7. The van der Waals surface area contributed by atoms with E-state index in [9.17, 15) is 4.79 Å². The Labute approximate surface area is 124 Å². The third-order valence-corrected chi connectivity index (χ3v) is 4.28. The summed E-state index contributed by atoms with van der Waals surface area (Å²) in [5.74, 6) is 0.612. The molecule has 0 bridgehead atoms. The summed E-state index contributed by atoms with van der Waals surface area (Å²) in [6.07, 6.45) is 0.331. The number of nitrogens with two attached hydrogens (primary N) is 1. The lowest BCUT2D eigenvalue weighted by Gasteiger charge is -2.14. The molecule has 0 spiro atoms. The molecule has 8 heteroatoms. The van der Waals surface area contributed by atoms with Crippen LogP contribution >= 0.6 is 23.1 Å². The number of nitrogens with zero attached hydrogens (tertiary/aromatic N) is 4. The molecule has 0 aromatic carbocycles. The highest BCUT2D eigenvalue weighted by atomic mass is 32.2. The molecule has 1 amide bonds. The van der Waals surface area contributed by atoms with E-state index in [1.165, 1.54) is 28.0 Å². The molecular formula is C12H13N5OS2. The van der Waals surface area contributed by atoms with Crippen LogP contribution in [0.5, 0.6) is 0 Å². The van der Waals surface area contributed by atoms with Crippen molar-refractivity contribution in [1.29, 1.82) is 5.26 Å². The van der Waals surface area contributed by atoms with Crippen molar-refractivity contribution in [3.05, 3.63) is 11.4 Å². The molecule has 2 N–H and O–H groups in total. The van der Waals surface area contributed by atoms with Crippen molar-refractivity contribution in [2.75, 3.05) is 25.1 Å². The number of fused-ring (bicyclic) bond motifs is 1. The predicted molar refractivity (Wildman–Crippen MR) is 80.4 cm³/mol. The summed E-state index contributed by atoms with van der Waals surface area (Å²) in [7, 11) is 1.68. The Hall–Kier alpha value is -1.85. The molecule has 0 fully saturated rings. The number of rotatable bonds is 5. The quantitative estimate of drug-likeness (QED) is 0.667. The largest absolute Gasteiger partial charge is 0.383 e. The zero-order valence-corrected chi connectivity index (χ0v) is 12.5. The lowest BCUT2D eigenvalue weighted by molar-refractivity contribution is -0.127. The second kappa shape index (κ2) is 6.54. The average molecular weight is 307 g/mol. The van der Waals surface area contributed by atoms with Crippen molar-refractivity contribution in [3.8, 4) is 6.07 Å². The molecule has 2 heterocycles. The van der Waals surface area contributed by atoms with Crippen LogP contribution < -0.4 is 5.73 Å². The van der Waals surface area contributed by atoms with Crippen molar-refractivity contribution >= 4 is 45.0 Å². The van der Waals surface area contributed by atoms with Gasteiger partial charge in [0, 0.05) is 13.6 Å². The van der Waals surface area contributed by atoms with Crippen LogP contribution in [0.25, 0.3) is 10.2 Å². The van der Waals surface area contributed by atoms with Crippen LogP contribution in [0, 0.1) is 11.3 Å². The Bertz CT molecular complexity index is 663. The molecule has 0 aliphatic heterocycles. The van der Waals surface area contributed by atoms with Gasteiger partial charge in [0.05, 0.1) is 23.6 Å². The molecule has 2 aromatic heterocycles. The lowest BCUT2D eigenvalue weighted by Crippen LogP contribution is -2.29. The molecule has 0 atom stereocenters. The number of anilines is 1. The first kappa shape index (κ1) is 14.6. The fraction of sp³-hybridized carbons (Fsp3) is 0.333. The van der Waals surface area contributed by atoms with E-state index in [2.05, 4.69) is 9.97 Å². The minimum absolute atomic E-state index is 0.0568. The number of hydrogen-bond acceptors (Lipinski definition) is 7. The van der Waals surface area contributed by atoms with Crippen molar-refractivity contribution in [3.63, 3.8) is 0 Å². The van der Waals surface area contributed by atoms with Crippen LogP contribution in [0.3, 0.4) is 0 Å². The molecule has 20 heavy (non-hydrogen) atoms. The zero-order chi connectivity index (χ0) is 14.5. The molecule has 6 nitrogen and oxygen atoms in total. The number of nitrogen functional groups attached to an aromatic ring is 1.